The molecule has 0 aliphatic carbocycles. The number of anilines is 1. The highest BCUT2D eigenvalue weighted by atomic mass is 32.2. The number of rotatable bonds is 2. The zero-order valence-corrected chi connectivity index (χ0v) is 10.9. The average Bonchev–Trinajstić information content (AvgIpc) is 2.53. The second-order valence-corrected chi connectivity index (χ2v) is 6.14. The number of carbonyl (C=O) groups is 1. The van der Waals surface area contributed by atoms with Crippen LogP contribution in [0.5, 0.6) is 0 Å². The Morgan fingerprint density at radius 3 is 2.79 bits per heavy atom. The molecule has 1 aromatic carbocycles. The summed E-state index contributed by atoms with van der Waals surface area (Å²) < 4.78 is 39.3. The first kappa shape index (κ1) is 13.8. The van der Waals surface area contributed by atoms with Crippen LogP contribution >= 0.6 is 0 Å². The van der Waals surface area contributed by atoms with E-state index in [4.69, 9.17) is 5.73 Å². The van der Waals surface area contributed by atoms with Crippen molar-refractivity contribution in [3.8, 4) is 0 Å². The van der Waals surface area contributed by atoms with Gasteiger partial charge in [-0.1, -0.05) is 0 Å². The Morgan fingerprint density at radius 1 is 1.37 bits per heavy atom. The molecule has 8 heteroatoms. The molecule has 1 heterocycles. The molecule has 3 N–H and O–H groups in total. The zero-order valence-electron chi connectivity index (χ0n) is 10.1. The van der Waals surface area contributed by atoms with Gasteiger partial charge in [-0.2, -0.15) is 4.31 Å². The van der Waals surface area contributed by atoms with Crippen LogP contribution in [0.3, 0.4) is 0 Å². The van der Waals surface area contributed by atoms with Gasteiger partial charge in [-0.05, 0) is 24.6 Å². The van der Waals surface area contributed by atoms with Crippen molar-refractivity contribution in [2.75, 3.05) is 25.4 Å². The highest BCUT2D eigenvalue weighted by Gasteiger charge is 2.30. The first-order chi connectivity index (χ1) is 8.91. The van der Waals surface area contributed by atoms with Crippen LogP contribution in [0.25, 0.3) is 0 Å². The second-order valence-electron chi connectivity index (χ2n) is 4.23. The van der Waals surface area contributed by atoms with Crippen LogP contribution in [0.2, 0.25) is 0 Å². The molecule has 1 amide bonds. The maximum atomic E-state index is 13.7. The van der Waals surface area contributed by atoms with Crippen molar-refractivity contribution in [3.63, 3.8) is 0 Å². The molecule has 19 heavy (non-hydrogen) atoms. The normalized spacial score (nSPS) is 17.8. The maximum absolute atomic E-state index is 13.7. The number of nitrogens with two attached hydrogens (primary N) is 1. The van der Waals surface area contributed by atoms with E-state index >= 15 is 0 Å². The van der Waals surface area contributed by atoms with Crippen molar-refractivity contribution in [1.82, 2.24) is 9.62 Å². The number of nitrogens with zero attached hydrogens (tertiary/aromatic N) is 1. The van der Waals surface area contributed by atoms with E-state index in [0.717, 1.165) is 16.4 Å². The molecule has 0 bridgehead atoms. The largest absolute Gasteiger partial charge is 0.399 e. The molecule has 1 aliphatic heterocycles. The summed E-state index contributed by atoms with van der Waals surface area (Å²) in [4.78, 5) is 10.9. The van der Waals surface area contributed by atoms with Crippen molar-refractivity contribution < 1.29 is 17.6 Å². The Bertz CT molecular complexity index is 603. The van der Waals surface area contributed by atoms with E-state index in [9.17, 15) is 17.6 Å². The molecule has 0 unspecified atom stereocenters. The van der Waals surface area contributed by atoms with Crippen LogP contribution in [0.1, 0.15) is 6.42 Å². The van der Waals surface area contributed by atoms with E-state index in [1.54, 1.807) is 0 Å². The van der Waals surface area contributed by atoms with Crippen molar-refractivity contribution in [2.24, 2.45) is 0 Å². The summed E-state index contributed by atoms with van der Waals surface area (Å²) >= 11 is 0. The predicted molar refractivity (Wildman–Crippen MR) is 67.2 cm³/mol. The molecule has 2 rings (SSSR count). The average molecular weight is 287 g/mol. The third-order valence-corrected chi connectivity index (χ3v) is 4.68. The van der Waals surface area contributed by atoms with Crippen LogP contribution in [0.4, 0.5) is 10.1 Å². The van der Waals surface area contributed by atoms with E-state index in [1.807, 2.05) is 0 Å². The lowest BCUT2D eigenvalue weighted by Gasteiger charge is -2.19. The molecule has 6 nitrogen and oxygen atoms in total. The third-order valence-electron chi connectivity index (χ3n) is 2.80. The van der Waals surface area contributed by atoms with Gasteiger partial charge in [0.1, 0.15) is 10.7 Å². The molecule has 104 valence electrons. The molecule has 0 atom stereocenters. The number of hydrogen-bond acceptors (Lipinski definition) is 4. The summed E-state index contributed by atoms with van der Waals surface area (Å²) in [7, 11) is -4.02. The summed E-state index contributed by atoms with van der Waals surface area (Å²) in [6, 6.07) is 3.38. The number of halogens is 1. The monoisotopic (exact) mass is 287 g/mol. The maximum Gasteiger partial charge on any atom is 0.246 e. The SMILES string of the molecule is Nc1ccc(S(=O)(=O)N2CCCNC(=O)C2)c(F)c1. The summed E-state index contributed by atoms with van der Waals surface area (Å²) in [6.45, 7) is 0.284. The molecular formula is C11H14FN3O3S. The summed E-state index contributed by atoms with van der Waals surface area (Å²) in [6.07, 6.45) is 0.488. The molecule has 1 fully saturated rings. The number of carbonyl (C=O) groups excluding carboxylic acids is 1. The fourth-order valence-corrected chi connectivity index (χ4v) is 3.33. The Balaban J connectivity index is 2.38. The van der Waals surface area contributed by atoms with E-state index in [0.29, 0.717) is 13.0 Å². The van der Waals surface area contributed by atoms with Gasteiger partial charge in [-0.25, -0.2) is 12.8 Å². The highest BCUT2D eigenvalue weighted by Crippen LogP contribution is 2.21. The van der Waals surface area contributed by atoms with Crippen LogP contribution in [-0.2, 0) is 14.8 Å². The number of nitrogens with one attached hydrogen (secondary N) is 1. The first-order valence-electron chi connectivity index (χ1n) is 5.73. The summed E-state index contributed by atoms with van der Waals surface area (Å²) in [5.41, 5.74) is 5.53. The van der Waals surface area contributed by atoms with E-state index in [-0.39, 0.29) is 18.8 Å². The molecule has 1 aromatic rings. The van der Waals surface area contributed by atoms with E-state index < -0.39 is 26.6 Å². The minimum Gasteiger partial charge on any atom is -0.399 e. The van der Waals surface area contributed by atoms with Gasteiger partial charge in [0.05, 0.1) is 6.54 Å². The number of sulfonamides is 1. The lowest BCUT2D eigenvalue weighted by atomic mass is 10.3. The van der Waals surface area contributed by atoms with Gasteiger partial charge in [0.2, 0.25) is 15.9 Å². The van der Waals surface area contributed by atoms with E-state index in [1.165, 1.54) is 6.07 Å². The fourth-order valence-electron chi connectivity index (χ4n) is 1.85. The quantitative estimate of drug-likeness (QED) is 0.744. The molecule has 0 spiro atoms. The number of hydrogen-bond donors (Lipinski definition) is 2. The standard InChI is InChI=1S/C11H14FN3O3S/c12-9-6-8(13)2-3-10(9)19(17,18)15-5-1-4-14-11(16)7-15/h2-3,6H,1,4-5,7,13H2,(H,14,16). The fraction of sp³-hybridized carbons (Fsp3) is 0.364. The molecule has 0 radical (unpaired) electrons. The van der Waals surface area contributed by atoms with Crippen molar-refractivity contribution in [3.05, 3.63) is 24.0 Å². The molecular weight excluding hydrogens is 273 g/mol. The Hall–Kier alpha value is -1.67. The van der Waals surface area contributed by atoms with Crippen LogP contribution in [0.15, 0.2) is 23.1 Å². The number of amides is 1. The molecule has 1 saturated heterocycles. The highest BCUT2D eigenvalue weighted by molar-refractivity contribution is 7.89. The Labute approximate surface area is 110 Å². The van der Waals surface area contributed by atoms with Gasteiger partial charge in [-0.15, -0.1) is 0 Å². The number of nitrogen functional groups attached to an aromatic ring is 1. The third kappa shape index (κ3) is 2.85. The molecule has 0 saturated carbocycles. The molecule has 1 aliphatic rings. The van der Waals surface area contributed by atoms with Crippen LogP contribution < -0.4 is 11.1 Å². The predicted octanol–water partition coefficient (Wildman–Crippen LogP) is -0.0815. The lowest BCUT2D eigenvalue weighted by molar-refractivity contribution is -0.120. The second kappa shape index (κ2) is 5.14. The Morgan fingerprint density at radius 2 is 2.11 bits per heavy atom. The first-order valence-corrected chi connectivity index (χ1v) is 7.17. The minimum absolute atomic E-state index is 0.144. The smallest absolute Gasteiger partial charge is 0.246 e. The summed E-state index contributed by atoms with van der Waals surface area (Å²) in [5.74, 6) is -1.30. The lowest BCUT2D eigenvalue weighted by Crippen LogP contribution is -2.37. The topological polar surface area (TPSA) is 92.5 Å². The van der Waals surface area contributed by atoms with Crippen molar-refractivity contribution >= 4 is 21.6 Å². The summed E-state index contributed by atoms with van der Waals surface area (Å²) in [5, 5.41) is 2.56. The van der Waals surface area contributed by atoms with Gasteiger partial charge in [0.15, 0.2) is 0 Å². The van der Waals surface area contributed by atoms with Gasteiger partial charge >= 0.3 is 0 Å². The van der Waals surface area contributed by atoms with E-state index in [2.05, 4.69) is 5.32 Å². The van der Waals surface area contributed by atoms with Gasteiger partial charge in [0, 0.05) is 18.8 Å². The number of benzene rings is 1. The Kier molecular flexibility index (Phi) is 3.72. The van der Waals surface area contributed by atoms with Crippen LogP contribution in [-0.4, -0.2) is 38.3 Å². The van der Waals surface area contributed by atoms with Crippen molar-refractivity contribution in [2.45, 2.75) is 11.3 Å². The van der Waals surface area contributed by atoms with Gasteiger partial charge in [0.25, 0.3) is 0 Å². The van der Waals surface area contributed by atoms with Gasteiger partial charge < -0.3 is 11.1 Å². The van der Waals surface area contributed by atoms with Crippen LogP contribution in [0, 0.1) is 5.82 Å². The van der Waals surface area contributed by atoms with Crippen molar-refractivity contribution in [1.29, 1.82) is 0 Å². The zero-order chi connectivity index (χ0) is 14.0. The molecule has 0 aromatic heterocycles. The minimum atomic E-state index is -4.02. The van der Waals surface area contributed by atoms with Gasteiger partial charge in [-0.3, -0.25) is 4.79 Å².